The molecule has 0 amide bonds. The van der Waals surface area contributed by atoms with Crippen LogP contribution in [0.2, 0.25) is 0 Å². The summed E-state index contributed by atoms with van der Waals surface area (Å²) in [6, 6.07) is 0.574. The SMILES string of the molecule is COC1CN(c2nc(NC3CC3)nc(C3CC3)n2)C1. The fraction of sp³-hybridized carbons (Fsp3) is 0.769. The van der Waals surface area contributed by atoms with Gasteiger partial charge in [-0.15, -0.1) is 0 Å². The lowest BCUT2D eigenvalue weighted by molar-refractivity contribution is 0.0778. The zero-order valence-corrected chi connectivity index (χ0v) is 11.2. The molecule has 4 rings (SSSR count). The van der Waals surface area contributed by atoms with Crippen LogP contribution in [0.25, 0.3) is 0 Å². The molecule has 2 aliphatic carbocycles. The molecule has 102 valence electrons. The third-order valence-electron chi connectivity index (χ3n) is 3.96. The summed E-state index contributed by atoms with van der Waals surface area (Å²) in [6.45, 7) is 1.76. The maximum atomic E-state index is 5.30. The number of hydrogen-bond donors (Lipinski definition) is 1. The summed E-state index contributed by atoms with van der Waals surface area (Å²) in [7, 11) is 1.76. The summed E-state index contributed by atoms with van der Waals surface area (Å²) in [5.74, 6) is 3.10. The second-order valence-electron chi connectivity index (χ2n) is 5.77. The van der Waals surface area contributed by atoms with E-state index in [2.05, 4.69) is 25.2 Å². The molecule has 1 aromatic rings. The fourth-order valence-electron chi connectivity index (χ4n) is 2.27. The number of aromatic nitrogens is 3. The third-order valence-corrected chi connectivity index (χ3v) is 3.96. The van der Waals surface area contributed by atoms with Crippen molar-refractivity contribution in [1.82, 2.24) is 15.0 Å². The van der Waals surface area contributed by atoms with Crippen LogP contribution in [0, 0.1) is 0 Å². The van der Waals surface area contributed by atoms with E-state index in [0.717, 1.165) is 30.8 Å². The predicted molar refractivity (Wildman–Crippen MR) is 71.5 cm³/mol. The van der Waals surface area contributed by atoms with Crippen molar-refractivity contribution < 1.29 is 4.74 Å². The van der Waals surface area contributed by atoms with Crippen molar-refractivity contribution in [1.29, 1.82) is 0 Å². The largest absolute Gasteiger partial charge is 0.378 e. The number of nitrogens with one attached hydrogen (secondary N) is 1. The van der Waals surface area contributed by atoms with E-state index in [9.17, 15) is 0 Å². The Morgan fingerprint density at radius 3 is 2.53 bits per heavy atom. The standard InChI is InChI=1S/C13H19N5O/c1-19-10-6-18(7-10)13-16-11(8-2-3-8)15-12(17-13)14-9-4-5-9/h8-10H,2-7H2,1H3,(H,14,15,16,17). The number of methoxy groups -OCH3 is 1. The highest BCUT2D eigenvalue weighted by molar-refractivity contribution is 5.42. The molecule has 1 saturated heterocycles. The molecule has 1 N–H and O–H groups in total. The van der Waals surface area contributed by atoms with E-state index < -0.39 is 0 Å². The average molecular weight is 261 g/mol. The second-order valence-corrected chi connectivity index (χ2v) is 5.77. The maximum Gasteiger partial charge on any atom is 0.230 e. The lowest BCUT2D eigenvalue weighted by Crippen LogP contribution is -2.52. The van der Waals surface area contributed by atoms with Gasteiger partial charge in [0.1, 0.15) is 5.82 Å². The molecule has 0 spiro atoms. The Bertz CT molecular complexity index is 480. The Kier molecular flexibility index (Phi) is 2.58. The molecule has 0 bridgehead atoms. The van der Waals surface area contributed by atoms with E-state index in [1.54, 1.807) is 7.11 Å². The lowest BCUT2D eigenvalue weighted by atomic mass is 10.2. The summed E-state index contributed by atoms with van der Waals surface area (Å²) in [5, 5.41) is 3.39. The molecule has 1 aromatic heterocycles. The Morgan fingerprint density at radius 1 is 1.11 bits per heavy atom. The van der Waals surface area contributed by atoms with E-state index in [1.165, 1.54) is 25.7 Å². The lowest BCUT2D eigenvalue weighted by Gasteiger charge is -2.38. The molecule has 3 fully saturated rings. The van der Waals surface area contributed by atoms with Crippen LogP contribution in [0.5, 0.6) is 0 Å². The topological polar surface area (TPSA) is 63.2 Å². The van der Waals surface area contributed by atoms with Crippen molar-refractivity contribution in [3.05, 3.63) is 5.82 Å². The van der Waals surface area contributed by atoms with Crippen molar-refractivity contribution in [3.8, 4) is 0 Å². The van der Waals surface area contributed by atoms with Crippen LogP contribution < -0.4 is 10.2 Å². The van der Waals surface area contributed by atoms with Crippen molar-refractivity contribution in [2.75, 3.05) is 30.4 Å². The van der Waals surface area contributed by atoms with Crippen LogP contribution in [0.15, 0.2) is 0 Å². The summed E-state index contributed by atoms with van der Waals surface area (Å²) in [4.78, 5) is 15.9. The summed E-state index contributed by atoms with van der Waals surface area (Å²) in [5.41, 5.74) is 0. The van der Waals surface area contributed by atoms with Gasteiger partial charge >= 0.3 is 0 Å². The Balaban J connectivity index is 1.56. The molecular weight excluding hydrogens is 242 g/mol. The molecule has 0 radical (unpaired) electrons. The van der Waals surface area contributed by atoms with Gasteiger partial charge in [0.05, 0.1) is 6.10 Å². The molecule has 6 nitrogen and oxygen atoms in total. The number of rotatable bonds is 5. The van der Waals surface area contributed by atoms with Crippen molar-refractivity contribution >= 4 is 11.9 Å². The number of hydrogen-bond acceptors (Lipinski definition) is 6. The molecule has 0 unspecified atom stereocenters. The first-order chi connectivity index (χ1) is 9.31. The highest BCUT2D eigenvalue weighted by atomic mass is 16.5. The van der Waals surface area contributed by atoms with Gasteiger partial charge in [-0.25, -0.2) is 0 Å². The van der Waals surface area contributed by atoms with Gasteiger partial charge in [-0.3, -0.25) is 0 Å². The first kappa shape index (κ1) is 11.4. The third kappa shape index (κ3) is 2.36. The van der Waals surface area contributed by atoms with Crippen molar-refractivity contribution in [3.63, 3.8) is 0 Å². The molecule has 19 heavy (non-hydrogen) atoms. The van der Waals surface area contributed by atoms with E-state index in [4.69, 9.17) is 4.74 Å². The van der Waals surface area contributed by atoms with Crippen LogP contribution >= 0.6 is 0 Å². The molecule has 0 aromatic carbocycles. The Hall–Kier alpha value is -1.43. The Labute approximate surface area is 112 Å². The van der Waals surface area contributed by atoms with Crippen molar-refractivity contribution in [2.24, 2.45) is 0 Å². The first-order valence-electron chi connectivity index (χ1n) is 7.12. The molecule has 6 heteroatoms. The van der Waals surface area contributed by atoms with Gasteiger partial charge in [0.25, 0.3) is 0 Å². The van der Waals surface area contributed by atoms with Gasteiger partial charge in [-0.2, -0.15) is 15.0 Å². The predicted octanol–water partition coefficient (Wildman–Crippen LogP) is 1.16. The highest BCUT2D eigenvalue weighted by Gasteiger charge is 2.33. The molecule has 3 aliphatic rings. The van der Waals surface area contributed by atoms with Crippen LogP contribution in [0.3, 0.4) is 0 Å². The second kappa shape index (κ2) is 4.30. The van der Waals surface area contributed by atoms with Crippen LogP contribution in [0.1, 0.15) is 37.4 Å². The van der Waals surface area contributed by atoms with E-state index in [-0.39, 0.29) is 0 Å². The van der Waals surface area contributed by atoms with Crippen molar-refractivity contribution in [2.45, 2.75) is 43.7 Å². The first-order valence-corrected chi connectivity index (χ1v) is 7.12. The number of ether oxygens (including phenoxy) is 1. The number of nitrogens with zero attached hydrogens (tertiary/aromatic N) is 4. The van der Waals surface area contributed by atoms with Gasteiger partial charge in [-0.1, -0.05) is 0 Å². The summed E-state index contributed by atoms with van der Waals surface area (Å²) in [6.07, 6.45) is 5.21. The van der Waals surface area contributed by atoms with Gasteiger partial charge in [0.15, 0.2) is 0 Å². The minimum absolute atomic E-state index is 0.320. The van der Waals surface area contributed by atoms with Gasteiger partial charge in [0, 0.05) is 32.2 Å². The van der Waals surface area contributed by atoms with Crippen LogP contribution in [0.4, 0.5) is 11.9 Å². The number of anilines is 2. The zero-order chi connectivity index (χ0) is 12.8. The van der Waals surface area contributed by atoms with E-state index in [1.807, 2.05) is 0 Å². The molecular formula is C13H19N5O. The van der Waals surface area contributed by atoms with Gasteiger partial charge in [0.2, 0.25) is 11.9 Å². The quantitative estimate of drug-likeness (QED) is 0.858. The molecule has 0 atom stereocenters. The smallest absolute Gasteiger partial charge is 0.230 e. The zero-order valence-electron chi connectivity index (χ0n) is 11.2. The average Bonchev–Trinajstić information content (AvgIpc) is 3.22. The normalized spacial score (nSPS) is 23.3. The van der Waals surface area contributed by atoms with E-state index in [0.29, 0.717) is 18.1 Å². The minimum Gasteiger partial charge on any atom is -0.378 e. The van der Waals surface area contributed by atoms with E-state index >= 15 is 0 Å². The minimum atomic E-state index is 0.320. The monoisotopic (exact) mass is 261 g/mol. The molecule has 1 aliphatic heterocycles. The highest BCUT2D eigenvalue weighted by Crippen LogP contribution is 2.39. The Morgan fingerprint density at radius 2 is 1.89 bits per heavy atom. The van der Waals surface area contributed by atoms with Gasteiger partial charge < -0.3 is 15.0 Å². The summed E-state index contributed by atoms with van der Waals surface area (Å²) < 4.78 is 5.30. The molecule has 2 heterocycles. The van der Waals surface area contributed by atoms with Crippen LogP contribution in [-0.2, 0) is 4.74 Å². The maximum absolute atomic E-state index is 5.30. The summed E-state index contributed by atoms with van der Waals surface area (Å²) >= 11 is 0. The van der Waals surface area contributed by atoms with Crippen LogP contribution in [-0.4, -0.2) is 47.3 Å². The molecule has 2 saturated carbocycles. The van der Waals surface area contributed by atoms with Gasteiger partial charge in [-0.05, 0) is 25.7 Å². The fourth-order valence-corrected chi connectivity index (χ4v) is 2.27.